The van der Waals surface area contributed by atoms with Crippen molar-refractivity contribution in [2.24, 2.45) is 0 Å². The minimum Gasteiger partial charge on any atom is -0.497 e. The molecule has 1 aliphatic heterocycles. The van der Waals surface area contributed by atoms with Gasteiger partial charge in [0, 0.05) is 18.9 Å². The van der Waals surface area contributed by atoms with Crippen LogP contribution in [-0.2, 0) is 19.8 Å². The number of hydrogen-bond donors (Lipinski definition) is 2. The first-order chi connectivity index (χ1) is 20.3. The number of rotatable bonds is 10. The van der Waals surface area contributed by atoms with Crippen LogP contribution in [0.25, 0.3) is 0 Å². The minimum absolute atomic E-state index is 0.0679. The molecule has 1 fully saturated rings. The fourth-order valence-corrected chi connectivity index (χ4v) is 5.39. The number of aromatic amines is 1. The van der Waals surface area contributed by atoms with E-state index in [1.54, 1.807) is 21.1 Å². The molecule has 4 aromatic rings. The molecular formula is C32H34N2O8. The molecule has 2 N–H and O–H groups in total. The van der Waals surface area contributed by atoms with Crippen molar-refractivity contribution in [3.05, 3.63) is 128 Å². The Morgan fingerprint density at radius 2 is 1.40 bits per heavy atom. The van der Waals surface area contributed by atoms with Gasteiger partial charge in [-0.25, -0.2) is 4.79 Å². The van der Waals surface area contributed by atoms with Gasteiger partial charge in [-0.2, -0.15) is 0 Å². The van der Waals surface area contributed by atoms with Crippen LogP contribution in [0.2, 0.25) is 0 Å². The fraction of sp³-hybridized carbons (Fsp3) is 0.312. The van der Waals surface area contributed by atoms with E-state index in [1.807, 2.05) is 78.9 Å². The number of benzene rings is 3. The summed E-state index contributed by atoms with van der Waals surface area (Å²) in [6.07, 6.45) is -2.50. The molecule has 4 atom stereocenters. The molecule has 2 heterocycles. The zero-order valence-electron chi connectivity index (χ0n) is 23.9. The molecular weight excluding hydrogens is 540 g/mol. The molecule has 4 unspecified atom stereocenters. The monoisotopic (exact) mass is 574 g/mol. The molecule has 1 aliphatic rings. The molecule has 220 valence electrons. The number of ether oxygens (including phenoxy) is 5. The van der Waals surface area contributed by atoms with Crippen LogP contribution < -0.4 is 20.7 Å². The average Bonchev–Trinajstić information content (AvgIpc) is 3.34. The quantitative estimate of drug-likeness (QED) is 0.277. The Morgan fingerprint density at radius 3 is 1.93 bits per heavy atom. The third kappa shape index (κ3) is 5.37. The molecule has 10 heteroatoms. The molecule has 0 radical (unpaired) electrons. The first-order valence-corrected chi connectivity index (χ1v) is 13.5. The van der Waals surface area contributed by atoms with Crippen molar-refractivity contribution in [2.45, 2.75) is 37.1 Å². The smallest absolute Gasteiger partial charge is 0.330 e. The number of nitrogens with zero attached hydrogens (tertiary/aromatic N) is 1. The van der Waals surface area contributed by atoms with E-state index < -0.39 is 41.4 Å². The largest absolute Gasteiger partial charge is 0.497 e. The summed E-state index contributed by atoms with van der Waals surface area (Å²) in [4.78, 5) is 26.9. The summed E-state index contributed by atoms with van der Waals surface area (Å²) >= 11 is 0. The van der Waals surface area contributed by atoms with Crippen molar-refractivity contribution in [3.63, 3.8) is 0 Å². The maximum atomic E-state index is 12.7. The summed E-state index contributed by atoms with van der Waals surface area (Å²) < 4.78 is 30.7. The van der Waals surface area contributed by atoms with Crippen LogP contribution in [0, 0.1) is 6.92 Å². The Labute approximate surface area is 243 Å². The van der Waals surface area contributed by atoms with Crippen LogP contribution in [0.3, 0.4) is 0 Å². The highest BCUT2D eigenvalue weighted by atomic mass is 16.6. The Hall–Kier alpha value is -4.22. The topological polar surface area (TPSA) is 121 Å². The van der Waals surface area contributed by atoms with Gasteiger partial charge in [0.2, 0.25) is 0 Å². The number of aryl methyl sites for hydroxylation is 1. The molecule has 0 bridgehead atoms. The van der Waals surface area contributed by atoms with Crippen LogP contribution in [0.15, 0.2) is 94.6 Å². The van der Waals surface area contributed by atoms with Gasteiger partial charge in [0.15, 0.2) is 6.23 Å². The van der Waals surface area contributed by atoms with Crippen LogP contribution in [0.1, 0.15) is 28.5 Å². The Balaban J connectivity index is 1.57. The zero-order valence-corrected chi connectivity index (χ0v) is 23.9. The lowest BCUT2D eigenvalue weighted by atomic mass is 9.80. The molecule has 5 rings (SSSR count). The highest BCUT2D eigenvalue weighted by Gasteiger charge is 2.47. The molecule has 10 nitrogen and oxygen atoms in total. The van der Waals surface area contributed by atoms with Gasteiger partial charge in [-0.05, 0) is 47.9 Å². The standard InChI is InChI=1S/C32H34N2O8/c1-20-18-34(31(37)33-29(20)36)30-28(40-4)27(35)26(42-30)19-41-32(21-8-6-5-7-9-21,22-10-14-24(38-2)15-11-22)23-12-16-25(39-3)17-13-23/h5-18,26-28,30,35H,19H2,1-4H3,(H,33,36,37). The number of nitrogens with one attached hydrogen (secondary N) is 1. The number of aliphatic hydroxyl groups is 1. The van der Waals surface area contributed by atoms with Crippen molar-refractivity contribution in [2.75, 3.05) is 27.9 Å². The molecule has 1 aromatic heterocycles. The second-order valence-corrected chi connectivity index (χ2v) is 10.0. The van der Waals surface area contributed by atoms with Crippen LogP contribution >= 0.6 is 0 Å². The Bertz CT molecular complexity index is 1550. The van der Waals surface area contributed by atoms with Crippen molar-refractivity contribution in [1.82, 2.24) is 9.55 Å². The highest BCUT2D eigenvalue weighted by Crippen LogP contribution is 2.43. The average molecular weight is 575 g/mol. The van der Waals surface area contributed by atoms with Crippen LogP contribution in [0.5, 0.6) is 11.5 Å². The number of hydrogen-bond acceptors (Lipinski definition) is 8. The van der Waals surface area contributed by atoms with Gasteiger partial charge in [-0.1, -0.05) is 54.6 Å². The van der Waals surface area contributed by atoms with E-state index >= 15 is 0 Å². The van der Waals surface area contributed by atoms with Gasteiger partial charge in [0.05, 0.1) is 20.8 Å². The predicted molar refractivity (Wildman–Crippen MR) is 155 cm³/mol. The van der Waals surface area contributed by atoms with Gasteiger partial charge < -0.3 is 28.8 Å². The zero-order chi connectivity index (χ0) is 29.9. The molecule has 0 spiro atoms. The van der Waals surface area contributed by atoms with Crippen LogP contribution in [0.4, 0.5) is 0 Å². The first-order valence-electron chi connectivity index (χ1n) is 13.5. The van der Waals surface area contributed by atoms with E-state index in [-0.39, 0.29) is 6.61 Å². The second-order valence-electron chi connectivity index (χ2n) is 10.0. The van der Waals surface area contributed by atoms with E-state index in [9.17, 15) is 14.7 Å². The van der Waals surface area contributed by atoms with E-state index in [0.717, 1.165) is 16.7 Å². The van der Waals surface area contributed by atoms with Gasteiger partial charge in [-0.3, -0.25) is 14.3 Å². The van der Waals surface area contributed by atoms with Gasteiger partial charge >= 0.3 is 5.69 Å². The van der Waals surface area contributed by atoms with Crippen molar-refractivity contribution < 1.29 is 28.8 Å². The Kier molecular flexibility index (Phi) is 8.60. The SMILES string of the molecule is COc1ccc(C(OCC2OC(n3cc(C)c(=O)[nH]c3=O)C(OC)C2O)(c2ccccc2)c2ccc(OC)cc2)cc1. The third-order valence-corrected chi connectivity index (χ3v) is 7.64. The van der Waals surface area contributed by atoms with E-state index in [1.165, 1.54) is 17.9 Å². The van der Waals surface area contributed by atoms with Crippen molar-refractivity contribution >= 4 is 0 Å². The van der Waals surface area contributed by atoms with E-state index in [0.29, 0.717) is 17.1 Å². The van der Waals surface area contributed by atoms with Gasteiger partial charge in [0.1, 0.15) is 35.4 Å². The second kappa shape index (κ2) is 12.3. The van der Waals surface area contributed by atoms with Crippen LogP contribution in [-0.4, -0.2) is 60.9 Å². The summed E-state index contributed by atoms with van der Waals surface area (Å²) in [5, 5.41) is 11.3. The number of aromatic nitrogens is 2. The third-order valence-electron chi connectivity index (χ3n) is 7.64. The molecule has 1 saturated heterocycles. The minimum atomic E-state index is -1.14. The summed E-state index contributed by atoms with van der Waals surface area (Å²) in [5.74, 6) is 1.38. The normalized spacial score (nSPS) is 20.4. The summed E-state index contributed by atoms with van der Waals surface area (Å²) in [6.45, 7) is 1.52. The fourth-order valence-electron chi connectivity index (χ4n) is 5.39. The maximum absolute atomic E-state index is 12.7. The lowest BCUT2D eigenvalue weighted by molar-refractivity contribution is -0.0967. The molecule has 0 saturated carbocycles. The highest BCUT2D eigenvalue weighted by molar-refractivity contribution is 5.49. The molecule has 42 heavy (non-hydrogen) atoms. The van der Waals surface area contributed by atoms with E-state index in [4.69, 9.17) is 23.7 Å². The summed E-state index contributed by atoms with van der Waals surface area (Å²) in [6, 6.07) is 24.9. The number of methoxy groups -OCH3 is 3. The number of H-pyrrole nitrogens is 1. The molecule has 0 aliphatic carbocycles. The molecule has 3 aromatic carbocycles. The first kappa shape index (κ1) is 29.3. The lowest BCUT2D eigenvalue weighted by Gasteiger charge is -2.37. The summed E-state index contributed by atoms with van der Waals surface area (Å²) in [7, 11) is 4.65. The molecule has 0 amide bonds. The van der Waals surface area contributed by atoms with Gasteiger partial charge in [0.25, 0.3) is 5.56 Å². The summed E-state index contributed by atoms with van der Waals surface area (Å²) in [5.41, 5.74) is 0.523. The Morgan fingerprint density at radius 1 is 0.857 bits per heavy atom. The van der Waals surface area contributed by atoms with Gasteiger partial charge in [-0.15, -0.1) is 0 Å². The predicted octanol–water partition coefficient (Wildman–Crippen LogP) is 3.14. The lowest BCUT2D eigenvalue weighted by Crippen LogP contribution is -2.40. The van der Waals surface area contributed by atoms with E-state index in [2.05, 4.69) is 4.98 Å². The van der Waals surface area contributed by atoms with Crippen molar-refractivity contribution in [1.29, 1.82) is 0 Å². The number of aliphatic hydroxyl groups excluding tert-OH is 1. The maximum Gasteiger partial charge on any atom is 0.330 e. The van der Waals surface area contributed by atoms with Crippen molar-refractivity contribution in [3.8, 4) is 11.5 Å².